The van der Waals surface area contributed by atoms with Gasteiger partial charge in [-0.05, 0) is 61.4 Å². The first-order valence-corrected chi connectivity index (χ1v) is 15.5. The summed E-state index contributed by atoms with van der Waals surface area (Å²) in [6, 6.07) is 18.0. The second-order valence-electron chi connectivity index (χ2n) is 11.2. The van der Waals surface area contributed by atoms with Crippen LogP contribution in [-0.2, 0) is 4.43 Å². The third-order valence-electron chi connectivity index (χ3n) is 7.50. The molecule has 0 bridgehead atoms. The number of ether oxygens (including phenoxy) is 1. The zero-order valence-electron chi connectivity index (χ0n) is 22.3. The van der Waals surface area contributed by atoms with Crippen molar-refractivity contribution in [2.75, 3.05) is 39.8 Å². The molecule has 2 atom stereocenters. The number of nitrogens with two attached hydrogens (primary N) is 1. The number of likely N-dealkylation sites (tertiary alicyclic amines) is 1. The molecule has 1 saturated heterocycles. The number of amides is 1. The molecule has 1 fully saturated rings. The van der Waals surface area contributed by atoms with Gasteiger partial charge in [0.1, 0.15) is 12.4 Å². The molecule has 1 aliphatic rings. The Labute approximate surface area is 212 Å². The SMILES string of the molecule is CN(CCOc1ccc(C(N)=O)cc1)[C@H](CN1CC[C@H](O[Si](C)(C)C(C)(C)C)C1)c1ccccc1. The van der Waals surface area contributed by atoms with E-state index in [1.54, 1.807) is 24.3 Å². The van der Waals surface area contributed by atoms with Gasteiger partial charge >= 0.3 is 0 Å². The average molecular weight is 498 g/mol. The van der Waals surface area contributed by atoms with E-state index in [1.807, 2.05) is 0 Å². The molecule has 0 saturated carbocycles. The smallest absolute Gasteiger partial charge is 0.248 e. The first-order chi connectivity index (χ1) is 16.5. The minimum atomic E-state index is -1.76. The van der Waals surface area contributed by atoms with E-state index >= 15 is 0 Å². The molecule has 0 radical (unpaired) electrons. The quantitative estimate of drug-likeness (QED) is 0.446. The number of nitrogens with zero attached hydrogens (tertiary/aromatic N) is 2. The predicted molar refractivity (Wildman–Crippen MR) is 145 cm³/mol. The second kappa shape index (κ2) is 11.7. The molecule has 0 aliphatic carbocycles. The molecule has 7 heteroatoms. The minimum Gasteiger partial charge on any atom is -0.492 e. The van der Waals surface area contributed by atoms with Crippen molar-refractivity contribution in [3.63, 3.8) is 0 Å². The molecule has 1 aliphatic heterocycles. The van der Waals surface area contributed by atoms with Gasteiger partial charge in [0, 0.05) is 37.8 Å². The zero-order valence-corrected chi connectivity index (χ0v) is 23.3. The van der Waals surface area contributed by atoms with Crippen LogP contribution in [0.2, 0.25) is 18.1 Å². The van der Waals surface area contributed by atoms with E-state index < -0.39 is 14.2 Å². The fourth-order valence-corrected chi connectivity index (χ4v) is 5.63. The van der Waals surface area contributed by atoms with E-state index in [9.17, 15) is 4.79 Å². The number of carbonyl (C=O) groups excluding carboxylic acids is 1. The maximum absolute atomic E-state index is 11.3. The number of hydrogen-bond donors (Lipinski definition) is 1. The molecule has 35 heavy (non-hydrogen) atoms. The van der Waals surface area contributed by atoms with Crippen molar-refractivity contribution < 1.29 is 14.0 Å². The number of benzene rings is 2. The zero-order chi connectivity index (χ0) is 25.6. The molecule has 0 spiro atoms. The third kappa shape index (κ3) is 7.64. The fraction of sp³-hybridized carbons (Fsp3) is 0.536. The Hall–Kier alpha value is -2.19. The van der Waals surface area contributed by atoms with Crippen LogP contribution < -0.4 is 10.5 Å². The summed E-state index contributed by atoms with van der Waals surface area (Å²) in [5, 5.41) is 0.230. The predicted octanol–water partition coefficient (Wildman–Crippen LogP) is 4.93. The van der Waals surface area contributed by atoms with E-state index in [1.165, 1.54) is 5.56 Å². The first kappa shape index (κ1) is 27.4. The van der Waals surface area contributed by atoms with Crippen molar-refractivity contribution in [1.82, 2.24) is 9.80 Å². The topological polar surface area (TPSA) is 68.0 Å². The highest BCUT2D eigenvalue weighted by Crippen LogP contribution is 2.38. The largest absolute Gasteiger partial charge is 0.492 e. The van der Waals surface area contributed by atoms with Gasteiger partial charge in [-0.25, -0.2) is 0 Å². The van der Waals surface area contributed by atoms with Crippen LogP contribution in [0.1, 0.15) is 49.2 Å². The third-order valence-corrected chi connectivity index (χ3v) is 12.0. The molecule has 192 valence electrons. The minimum absolute atomic E-state index is 0.230. The Morgan fingerprint density at radius 3 is 2.40 bits per heavy atom. The number of hydrogen-bond acceptors (Lipinski definition) is 5. The normalized spacial score (nSPS) is 18.1. The van der Waals surface area contributed by atoms with Crippen LogP contribution in [-0.4, -0.2) is 70.0 Å². The van der Waals surface area contributed by atoms with Gasteiger partial charge in [-0.15, -0.1) is 0 Å². The summed E-state index contributed by atoms with van der Waals surface area (Å²) >= 11 is 0. The Morgan fingerprint density at radius 2 is 1.80 bits per heavy atom. The number of rotatable bonds is 11. The van der Waals surface area contributed by atoms with Crippen LogP contribution in [0.15, 0.2) is 54.6 Å². The fourth-order valence-electron chi connectivity index (χ4n) is 4.25. The lowest BCUT2D eigenvalue weighted by Gasteiger charge is -2.38. The average Bonchev–Trinajstić information content (AvgIpc) is 3.23. The lowest BCUT2D eigenvalue weighted by Crippen LogP contribution is -2.45. The summed E-state index contributed by atoms with van der Waals surface area (Å²) in [4.78, 5) is 16.2. The van der Waals surface area contributed by atoms with Crippen molar-refractivity contribution in [1.29, 1.82) is 0 Å². The number of likely N-dealkylation sites (N-methyl/N-ethyl adjacent to an activating group) is 1. The lowest BCUT2D eigenvalue weighted by molar-refractivity contribution is 0.1000. The molecule has 6 nitrogen and oxygen atoms in total. The van der Waals surface area contributed by atoms with Gasteiger partial charge in [-0.3, -0.25) is 14.6 Å². The van der Waals surface area contributed by atoms with Crippen molar-refractivity contribution in [2.24, 2.45) is 5.73 Å². The van der Waals surface area contributed by atoms with Crippen molar-refractivity contribution in [2.45, 2.75) is 57.5 Å². The van der Waals surface area contributed by atoms with Crippen molar-refractivity contribution in [3.05, 3.63) is 65.7 Å². The summed E-state index contributed by atoms with van der Waals surface area (Å²) in [6.45, 7) is 16.0. The van der Waals surface area contributed by atoms with Gasteiger partial charge in [-0.1, -0.05) is 51.1 Å². The number of primary amides is 1. The maximum atomic E-state index is 11.3. The molecule has 2 aromatic rings. The molecule has 2 N–H and O–H groups in total. The molecule has 0 aromatic heterocycles. The summed E-state index contributed by atoms with van der Waals surface area (Å²) in [5.41, 5.74) is 7.12. The molecular formula is C28H43N3O3Si. The van der Waals surface area contributed by atoms with Crippen LogP contribution in [0.25, 0.3) is 0 Å². The van der Waals surface area contributed by atoms with Gasteiger partial charge < -0.3 is 14.9 Å². The van der Waals surface area contributed by atoms with Crippen molar-refractivity contribution in [3.8, 4) is 5.75 Å². The van der Waals surface area contributed by atoms with E-state index in [-0.39, 0.29) is 11.1 Å². The molecular weight excluding hydrogens is 454 g/mol. The summed E-state index contributed by atoms with van der Waals surface area (Å²) in [6.07, 6.45) is 1.42. The molecule has 1 amide bonds. The highest BCUT2D eigenvalue weighted by molar-refractivity contribution is 6.74. The Kier molecular flexibility index (Phi) is 9.15. The first-order valence-electron chi connectivity index (χ1n) is 12.6. The van der Waals surface area contributed by atoms with Gasteiger partial charge in [0.15, 0.2) is 8.32 Å². The highest BCUT2D eigenvalue weighted by Gasteiger charge is 2.40. The molecule has 2 aromatic carbocycles. The Morgan fingerprint density at radius 1 is 1.14 bits per heavy atom. The summed E-state index contributed by atoms with van der Waals surface area (Å²) in [7, 11) is 0.399. The van der Waals surface area contributed by atoms with Crippen LogP contribution >= 0.6 is 0 Å². The van der Waals surface area contributed by atoms with E-state index in [0.717, 1.165) is 38.3 Å². The summed E-state index contributed by atoms with van der Waals surface area (Å²) < 4.78 is 12.7. The van der Waals surface area contributed by atoms with Crippen LogP contribution in [0.4, 0.5) is 0 Å². The Balaban J connectivity index is 1.58. The van der Waals surface area contributed by atoms with E-state index in [4.69, 9.17) is 14.9 Å². The lowest BCUT2D eigenvalue weighted by atomic mass is 10.1. The molecule has 1 heterocycles. The van der Waals surface area contributed by atoms with Gasteiger partial charge in [0.25, 0.3) is 0 Å². The maximum Gasteiger partial charge on any atom is 0.248 e. The standard InChI is InChI=1S/C28H43N3O3Si/c1-28(2,3)35(5,6)34-25-16-17-31(20-25)21-26(22-10-8-7-9-11-22)30(4)18-19-33-24-14-12-23(13-15-24)27(29)32/h7-15,25-26H,16-21H2,1-6H3,(H2,29,32)/t25-,26+/m0/s1. The van der Waals surface area contributed by atoms with Gasteiger partial charge in [0.05, 0.1) is 6.10 Å². The van der Waals surface area contributed by atoms with Gasteiger partial charge in [-0.2, -0.15) is 0 Å². The molecule has 0 unspecified atom stereocenters. The van der Waals surface area contributed by atoms with Crippen LogP contribution in [0, 0.1) is 0 Å². The number of carbonyl (C=O) groups is 1. The van der Waals surface area contributed by atoms with Gasteiger partial charge in [0.2, 0.25) is 5.91 Å². The summed E-state index contributed by atoms with van der Waals surface area (Å²) in [5.74, 6) is 0.311. The van der Waals surface area contributed by atoms with Crippen LogP contribution in [0.5, 0.6) is 5.75 Å². The van der Waals surface area contributed by atoms with Crippen molar-refractivity contribution >= 4 is 14.2 Å². The molecule has 3 rings (SSSR count). The second-order valence-corrected chi connectivity index (χ2v) is 15.9. The van der Waals surface area contributed by atoms with Crippen LogP contribution in [0.3, 0.4) is 0 Å². The van der Waals surface area contributed by atoms with E-state index in [2.05, 4.69) is 81.0 Å². The Bertz CT molecular complexity index is 944. The van der Waals surface area contributed by atoms with E-state index in [0.29, 0.717) is 18.3 Å². The monoisotopic (exact) mass is 497 g/mol. The highest BCUT2D eigenvalue weighted by atomic mass is 28.4.